The van der Waals surface area contributed by atoms with E-state index < -0.39 is 27.6 Å². The van der Waals surface area contributed by atoms with Gasteiger partial charge in [-0.2, -0.15) is 0 Å². The Kier molecular flexibility index (Phi) is 7.81. The Morgan fingerprint density at radius 3 is 2.38 bits per heavy atom. The van der Waals surface area contributed by atoms with Crippen LogP contribution < -0.4 is 4.31 Å². The SMILES string of the molecule is C=C1CC(C(=O)N2CCC(c3cc(Cl)c(C)cc3N(CC3CC3)S(C)(=O)=O)CC2)[C@H](c2ccc(F)cc2F)C1. The van der Waals surface area contributed by atoms with Crippen molar-refractivity contribution in [2.45, 2.75) is 57.3 Å². The van der Waals surface area contributed by atoms with Gasteiger partial charge in [0.15, 0.2) is 0 Å². The van der Waals surface area contributed by atoms with Crippen LogP contribution in [0.3, 0.4) is 0 Å². The molecular formula is C30H35ClF2N2O3S. The van der Waals surface area contributed by atoms with E-state index in [4.69, 9.17) is 11.6 Å². The van der Waals surface area contributed by atoms with Crippen LogP contribution in [0.2, 0.25) is 5.02 Å². The molecular weight excluding hydrogens is 542 g/mol. The molecule has 5 rings (SSSR count). The minimum Gasteiger partial charge on any atom is -0.342 e. The van der Waals surface area contributed by atoms with E-state index in [9.17, 15) is 22.0 Å². The number of carbonyl (C=O) groups excluding carboxylic acids is 1. The fraction of sp³-hybridized carbons (Fsp3) is 0.500. The summed E-state index contributed by atoms with van der Waals surface area (Å²) in [6.45, 7) is 7.43. The monoisotopic (exact) mass is 576 g/mol. The van der Waals surface area contributed by atoms with Crippen molar-refractivity contribution in [2.24, 2.45) is 11.8 Å². The Labute approximate surface area is 234 Å². The molecule has 210 valence electrons. The van der Waals surface area contributed by atoms with E-state index in [0.29, 0.717) is 67.5 Å². The van der Waals surface area contributed by atoms with Gasteiger partial charge in [-0.3, -0.25) is 9.10 Å². The largest absolute Gasteiger partial charge is 0.342 e. The van der Waals surface area contributed by atoms with Gasteiger partial charge in [-0.15, -0.1) is 0 Å². The van der Waals surface area contributed by atoms with Crippen LogP contribution in [0.15, 0.2) is 42.5 Å². The highest BCUT2D eigenvalue weighted by Crippen LogP contribution is 2.45. The maximum Gasteiger partial charge on any atom is 0.232 e. The number of nitrogens with zero attached hydrogens (tertiary/aromatic N) is 2. The molecule has 1 unspecified atom stereocenters. The highest BCUT2D eigenvalue weighted by molar-refractivity contribution is 7.92. The normalized spacial score (nSPS) is 22.4. The molecule has 39 heavy (non-hydrogen) atoms. The van der Waals surface area contributed by atoms with Crippen molar-refractivity contribution in [1.29, 1.82) is 0 Å². The molecule has 2 aromatic carbocycles. The third-order valence-electron chi connectivity index (χ3n) is 8.53. The summed E-state index contributed by atoms with van der Waals surface area (Å²) < 4.78 is 55.3. The molecule has 1 amide bonds. The molecule has 1 saturated heterocycles. The van der Waals surface area contributed by atoms with Gasteiger partial charge in [0, 0.05) is 42.6 Å². The average Bonchev–Trinajstić information content (AvgIpc) is 3.62. The number of benzene rings is 2. The summed E-state index contributed by atoms with van der Waals surface area (Å²) in [6, 6.07) is 7.33. The number of sulfonamides is 1. The lowest BCUT2D eigenvalue weighted by molar-refractivity contribution is -0.136. The van der Waals surface area contributed by atoms with Crippen LogP contribution in [0.5, 0.6) is 0 Å². The van der Waals surface area contributed by atoms with E-state index in [1.165, 1.54) is 22.7 Å². The molecule has 5 nitrogen and oxygen atoms in total. The Morgan fingerprint density at radius 2 is 1.77 bits per heavy atom. The number of hydrogen-bond acceptors (Lipinski definition) is 3. The van der Waals surface area contributed by atoms with E-state index >= 15 is 0 Å². The first-order valence-electron chi connectivity index (χ1n) is 13.6. The highest BCUT2D eigenvalue weighted by atomic mass is 35.5. The summed E-state index contributed by atoms with van der Waals surface area (Å²) in [7, 11) is -3.48. The second kappa shape index (κ2) is 10.8. The Balaban J connectivity index is 1.35. The quantitative estimate of drug-likeness (QED) is 0.351. The van der Waals surface area contributed by atoms with Crippen molar-refractivity contribution in [1.82, 2.24) is 4.90 Å². The minimum atomic E-state index is -3.48. The molecule has 9 heteroatoms. The number of aryl methyl sites for hydroxylation is 1. The molecule has 1 aliphatic heterocycles. The van der Waals surface area contributed by atoms with Gasteiger partial charge in [-0.1, -0.05) is 29.8 Å². The van der Waals surface area contributed by atoms with Gasteiger partial charge in [0.05, 0.1) is 11.9 Å². The summed E-state index contributed by atoms with van der Waals surface area (Å²) in [6.07, 6.45) is 5.64. The maximum absolute atomic E-state index is 14.6. The fourth-order valence-electron chi connectivity index (χ4n) is 6.20. The molecule has 0 aromatic heterocycles. The molecule has 0 spiro atoms. The van der Waals surface area contributed by atoms with Gasteiger partial charge in [0.25, 0.3) is 0 Å². The van der Waals surface area contributed by atoms with Crippen LogP contribution in [-0.4, -0.2) is 45.1 Å². The van der Waals surface area contributed by atoms with Crippen LogP contribution in [0.25, 0.3) is 0 Å². The lowest BCUT2D eigenvalue weighted by Crippen LogP contribution is -2.42. The Morgan fingerprint density at radius 1 is 1.08 bits per heavy atom. The fourth-order valence-corrected chi connectivity index (χ4v) is 7.36. The number of likely N-dealkylation sites (tertiary alicyclic amines) is 1. The smallest absolute Gasteiger partial charge is 0.232 e. The van der Waals surface area contributed by atoms with Crippen molar-refractivity contribution in [3.63, 3.8) is 0 Å². The first-order chi connectivity index (χ1) is 18.4. The summed E-state index contributed by atoms with van der Waals surface area (Å²) in [5.74, 6) is -1.67. The van der Waals surface area contributed by atoms with Gasteiger partial charge in [-0.05, 0) is 92.2 Å². The van der Waals surface area contributed by atoms with Crippen LogP contribution in [0, 0.1) is 30.4 Å². The van der Waals surface area contributed by atoms with Crippen LogP contribution in [-0.2, 0) is 14.8 Å². The number of anilines is 1. The molecule has 1 heterocycles. The third kappa shape index (κ3) is 6.02. The minimum absolute atomic E-state index is 0.0329. The number of carbonyl (C=O) groups is 1. The van der Waals surface area contributed by atoms with Gasteiger partial charge in [-0.25, -0.2) is 17.2 Å². The van der Waals surface area contributed by atoms with Gasteiger partial charge in [0.1, 0.15) is 11.6 Å². The molecule has 0 radical (unpaired) electrons. The zero-order valence-corrected chi connectivity index (χ0v) is 24.0. The van der Waals surface area contributed by atoms with Crippen molar-refractivity contribution >= 4 is 33.2 Å². The number of piperidine rings is 1. The lowest BCUT2D eigenvalue weighted by Gasteiger charge is -2.36. The molecule has 3 fully saturated rings. The maximum atomic E-state index is 14.6. The zero-order chi connectivity index (χ0) is 28.1. The predicted octanol–water partition coefficient (Wildman–Crippen LogP) is 6.56. The Bertz CT molecular complexity index is 1400. The van der Waals surface area contributed by atoms with Crippen LogP contribution >= 0.6 is 11.6 Å². The van der Waals surface area contributed by atoms with Crippen molar-refractivity contribution < 1.29 is 22.0 Å². The van der Waals surface area contributed by atoms with Crippen molar-refractivity contribution in [3.05, 3.63) is 75.8 Å². The second-order valence-electron chi connectivity index (χ2n) is 11.5. The summed E-state index contributed by atoms with van der Waals surface area (Å²) in [4.78, 5) is 15.5. The van der Waals surface area contributed by atoms with Gasteiger partial charge in [0.2, 0.25) is 15.9 Å². The number of amides is 1. The molecule has 0 bridgehead atoms. The average molecular weight is 577 g/mol. The third-order valence-corrected chi connectivity index (χ3v) is 10.1. The molecule has 3 aliphatic rings. The topological polar surface area (TPSA) is 57.7 Å². The van der Waals surface area contributed by atoms with E-state index in [-0.39, 0.29) is 17.7 Å². The van der Waals surface area contributed by atoms with E-state index in [0.717, 1.165) is 35.6 Å². The van der Waals surface area contributed by atoms with Gasteiger partial charge < -0.3 is 4.90 Å². The van der Waals surface area contributed by atoms with E-state index in [2.05, 4.69) is 6.58 Å². The predicted molar refractivity (Wildman–Crippen MR) is 151 cm³/mol. The molecule has 0 N–H and O–H groups in total. The molecule has 2 aromatic rings. The molecule has 2 atom stereocenters. The number of hydrogen-bond donors (Lipinski definition) is 0. The molecule has 2 aliphatic carbocycles. The summed E-state index contributed by atoms with van der Waals surface area (Å²) >= 11 is 6.52. The summed E-state index contributed by atoms with van der Waals surface area (Å²) in [5.41, 5.74) is 3.68. The van der Waals surface area contributed by atoms with Crippen LogP contribution in [0.1, 0.15) is 67.1 Å². The van der Waals surface area contributed by atoms with Crippen molar-refractivity contribution in [3.8, 4) is 0 Å². The number of allylic oxidation sites excluding steroid dienone is 1. The van der Waals surface area contributed by atoms with E-state index in [1.54, 1.807) is 0 Å². The van der Waals surface area contributed by atoms with E-state index in [1.807, 2.05) is 24.0 Å². The second-order valence-corrected chi connectivity index (χ2v) is 13.8. The first-order valence-corrected chi connectivity index (χ1v) is 15.8. The lowest BCUT2D eigenvalue weighted by atomic mass is 9.85. The standard InChI is InChI=1S/C30H35ClF2N2O3S/c1-18-12-25(23-7-6-22(32)15-28(23)33)26(13-18)30(36)34-10-8-21(9-11-34)24-16-27(31)19(2)14-29(24)35(39(3,37)38)17-20-4-5-20/h6-7,14-16,20-21,25-26H,1,4-5,8-13,17H2,2-3H3/t25-,26?/m0/s1. The van der Waals surface area contributed by atoms with Gasteiger partial charge >= 0.3 is 0 Å². The number of rotatable bonds is 7. The zero-order valence-electron chi connectivity index (χ0n) is 22.4. The first kappa shape index (κ1) is 28.1. The highest BCUT2D eigenvalue weighted by Gasteiger charge is 2.40. The Hall–Kier alpha value is -2.45. The summed E-state index contributed by atoms with van der Waals surface area (Å²) in [5, 5.41) is 0.598. The molecule has 2 saturated carbocycles. The number of halogens is 3. The van der Waals surface area contributed by atoms with Crippen LogP contribution in [0.4, 0.5) is 14.5 Å². The van der Waals surface area contributed by atoms with Crippen molar-refractivity contribution in [2.75, 3.05) is 30.2 Å².